The van der Waals surface area contributed by atoms with E-state index in [4.69, 9.17) is 5.73 Å². The van der Waals surface area contributed by atoms with Gasteiger partial charge in [-0.1, -0.05) is 44.5 Å². The third-order valence-corrected chi connectivity index (χ3v) is 3.14. The summed E-state index contributed by atoms with van der Waals surface area (Å²) in [4.78, 5) is 0. The van der Waals surface area contributed by atoms with E-state index in [2.05, 4.69) is 26.0 Å². The SMILES string of the molecule is CCCC(CN)C(O)c1ccc(CC)cc1. The maximum Gasteiger partial charge on any atom is 0.0830 e. The zero-order valence-electron chi connectivity index (χ0n) is 10.3. The lowest BCUT2D eigenvalue weighted by Gasteiger charge is -2.21. The van der Waals surface area contributed by atoms with Gasteiger partial charge >= 0.3 is 0 Å². The van der Waals surface area contributed by atoms with E-state index in [0.717, 1.165) is 24.8 Å². The van der Waals surface area contributed by atoms with Crippen molar-refractivity contribution in [1.82, 2.24) is 0 Å². The summed E-state index contributed by atoms with van der Waals surface area (Å²) >= 11 is 0. The highest BCUT2D eigenvalue weighted by molar-refractivity contribution is 5.24. The van der Waals surface area contributed by atoms with Gasteiger partial charge in [-0.2, -0.15) is 0 Å². The van der Waals surface area contributed by atoms with E-state index in [9.17, 15) is 5.11 Å². The zero-order valence-corrected chi connectivity index (χ0v) is 10.3. The molecule has 0 fully saturated rings. The quantitative estimate of drug-likeness (QED) is 0.775. The Labute approximate surface area is 98.5 Å². The molecule has 0 aliphatic carbocycles. The first-order chi connectivity index (χ1) is 7.72. The van der Waals surface area contributed by atoms with Gasteiger partial charge in [0.05, 0.1) is 6.10 Å². The monoisotopic (exact) mass is 221 g/mol. The smallest absolute Gasteiger partial charge is 0.0830 e. The van der Waals surface area contributed by atoms with Crippen LogP contribution in [-0.4, -0.2) is 11.7 Å². The molecular weight excluding hydrogens is 198 g/mol. The molecule has 0 amide bonds. The van der Waals surface area contributed by atoms with Crippen LogP contribution in [0, 0.1) is 5.92 Å². The minimum atomic E-state index is -0.421. The van der Waals surface area contributed by atoms with Crippen LogP contribution in [-0.2, 0) is 6.42 Å². The molecule has 2 nitrogen and oxygen atoms in total. The van der Waals surface area contributed by atoms with E-state index in [1.165, 1.54) is 5.56 Å². The number of aryl methyl sites for hydroxylation is 1. The second-order valence-corrected chi connectivity index (χ2v) is 4.32. The van der Waals surface area contributed by atoms with Gasteiger partial charge in [0.25, 0.3) is 0 Å². The van der Waals surface area contributed by atoms with Gasteiger partial charge in [-0.3, -0.25) is 0 Å². The number of hydrogen-bond donors (Lipinski definition) is 2. The fraction of sp³-hybridized carbons (Fsp3) is 0.571. The fourth-order valence-corrected chi connectivity index (χ4v) is 2.00. The Bertz CT molecular complexity index is 294. The standard InChI is InChI=1S/C14H23NO/c1-3-5-13(10-15)14(16)12-8-6-11(4-2)7-9-12/h6-9,13-14,16H,3-5,10,15H2,1-2H3. The average Bonchev–Trinajstić information content (AvgIpc) is 2.35. The van der Waals surface area contributed by atoms with Gasteiger partial charge in [-0.05, 0) is 30.5 Å². The lowest BCUT2D eigenvalue weighted by molar-refractivity contribution is 0.107. The van der Waals surface area contributed by atoms with Crippen molar-refractivity contribution in [2.24, 2.45) is 11.7 Å². The molecule has 0 radical (unpaired) electrons. The summed E-state index contributed by atoms with van der Waals surface area (Å²) in [6.45, 7) is 4.80. The molecule has 2 heteroatoms. The van der Waals surface area contributed by atoms with Crippen molar-refractivity contribution in [1.29, 1.82) is 0 Å². The Balaban J connectivity index is 2.73. The largest absolute Gasteiger partial charge is 0.388 e. The normalized spacial score (nSPS) is 14.8. The molecule has 2 atom stereocenters. The maximum atomic E-state index is 10.2. The molecule has 90 valence electrons. The van der Waals surface area contributed by atoms with Gasteiger partial charge in [0.1, 0.15) is 0 Å². The highest BCUT2D eigenvalue weighted by Crippen LogP contribution is 2.25. The van der Waals surface area contributed by atoms with E-state index in [1.54, 1.807) is 0 Å². The van der Waals surface area contributed by atoms with Crippen LogP contribution in [0.15, 0.2) is 24.3 Å². The van der Waals surface area contributed by atoms with Crippen LogP contribution in [0.4, 0.5) is 0 Å². The van der Waals surface area contributed by atoms with Crippen molar-refractivity contribution in [2.75, 3.05) is 6.54 Å². The molecule has 0 heterocycles. The van der Waals surface area contributed by atoms with Crippen LogP contribution >= 0.6 is 0 Å². The molecule has 0 spiro atoms. The highest BCUT2D eigenvalue weighted by Gasteiger charge is 2.18. The Morgan fingerprint density at radius 3 is 2.25 bits per heavy atom. The Morgan fingerprint density at radius 1 is 1.19 bits per heavy atom. The van der Waals surface area contributed by atoms with Crippen molar-refractivity contribution in [3.63, 3.8) is 0 Å². The first-order valence-electron chi connectivity index (χ1n) is 6.19. The van der Waals surface area contributed by atoms with Gasteiger partial charge in [0.15, 0.2) is 0 Å². The van der Waals surface area contributed by atoms with E-state index >= 15 is 0 Å². The number of nitrogens with two attached hydrogens (primary N) is 1. The van der Waals surface area contributed by atoms with Crippen LogP contribution in [0.5, 0.6) is 0 Å². The van der Waals surface area contributed by atoms with Crippen molar-refractivity contribution >= 4 is 0 Å². The van der Waals surface area contributed by atoms with Crippen LogP contribution in [0.1, 0.15) is 43.9 Å². The molecule has 0 aliphatic heterocycles. The molecule has 0 aliphatic rings. The predicted molar refractivity (Wildman–Crippen MR) is 68.2 cm³/mol. The van der Waals surface area contributed by atoms with E-state index in [-0.39, 0.29) is 5.92 Å². The first kappa shape index (κ1) is 13.2. The average molecular weight is 221 g/mol. The third kappa shape index (κ3) is 3.32. The second-order valence-electron chi connectivity index (χ2n) is 4.32. The van der Waals surface area contributed by atoms with Gasteiger partial charge < -0.3 is 10.8 Å². The second kappa shape index (κ2) is 6.66. The van der Waals surface area contributed by atoms with Crippen LogP contribution in [0.25, 0.3) is 0 Å². The fourth-order valence-electron chi connectivity index (χ4n) is 2.00. The van der Waals surface area contributed by atoms with E-state index in [1.807, 2.05) is 12.1 Å². The van der Waals surface area contributed by atoms with Crippen molar-refractivity contribution in [3.8, 4) is 0 Å². The molecule has 0 aromatic heterocycles. The molecular formula is C14H23NO. The molecule has 0 saturated carbocycles. The minimum absolute atomic E-state index is 0.178. The number of aliphatic hydroxyl groups is 1. The summed E-state index contributed by atoms with van der Waals surface area (Å²) in [6.07, 6.45) is 2.65. The lowest BCUT2D eigenvalue weighted by Crippen LogP contribution is -2.21. The molecule has 2 unspecified atom stereocenters. The summed E-state index contributed by atoms with van der Waals surface area (Å²) in [7, 11) is 0. The first-order valence-corrected chi connectivity index (χ1v) is 6.19. The van der Waals surface area contributed by atoms with Gasteiger partial charge in [-0.15, -0.1) is 0 Å². The predicted octanol–water partition coefficient (Wildman–Crippen LogP) is 2.66. The minimum Gasteiger partial charge on any atom is -0.388 e. The molecule has 1 aromatic carbocycles. The van der Waals surface area contributed by atoms with Gasteiger partial charge in [-0.25, -0.2) is 0 Å². The summed E-state index contributed by atoms with van der Waals surface area (Å²) in [5.74, 6) is 0.178. The topological polar surface area (TPSA) is 46.2 Å². The Kier molecular flexibility index (Phi) is 5.50. The number of rotatable bonds is 6. The summed E-state index contributed by atoms with van der Waals surface area (Å²) in [5, 5.41) is 10.2. The summed E-state index contributed by atoms with van der Waals surface area (Å²) < 4.78 is 0. The van der Waals surface area contributed by atoms with Gasteiger partial charge in [0, 0.05) is 5.92 Å². The van der Waals surface area contributed by atoms with Crippen molar-refractivity contribution in [3.05, 3.63) is 35.4 Å². The van der Waals surface area contributed by atoms with Crippen LogP contribution in [0.2, 0.25) is 0 Å². The third-order valence-electron chi connectivity index (χ3n) is 3.14. The van der Waals surface area contributed by atoms with Crippen molar-refractivity contribution < 1.29 is 5.11 Å². The molecule has 0 saturated heterocycles. The Hall–Kier alpha value is -0.860. The Morgan fingerprint density at radius 2 is 1.81 bits per heavy atom. The van der Waals surface area contributed by atoms with Crippen LogP contribution < -0.4 is 5.73 Å². The maximum absolute atomic E-state index is 10.2. The molecule has 1 aromatic rings. The number of hydrogen-bond acceptors (Lipinski definition) is 2. The highest BCUT2D eigenvalue weighted by atomic mass is 16.3. The van der Waals surface area contributed by atoms with Crippen LogP contribution in [0.3, 0.4) is 0 Å². The zero-order chi connectivity index (χ0) is 12.0. The van der Waals surface area contributed by atoms with Gasteiger partial charge in [0.2, 0.25) is 0 Å². The lowest BCUT2D eigenvalue weighted by atomic mass is 9.91. The van der Waals surface area contributed by atoms with E-state index < -0.39 is 6.10 Å². The molecule has 16 heavy (non-hydrogen) atoms. The number of aliphatic hydroxyl groups excluding tert-OH is 1. The van der Waals surface area contributed by atoms with Crippen molar-refractivity contribution in [2.45, 2.75) is 39.2 Å². The summed E-state index contributed by atoms with van der Waals surface area (Å²) in [6, 6.07) is 8.19. The molecule has 3 N–H and O–H groups in total. The number of benzene rings is 1. The van der Waals surface area contributed by atoms with E-state index in [0.29, 0.717) is 6.54 Å². The summed E-state index contributed by atoms with van der Waals surface area (Å²) in [5.41, 5.74) is 7.98. The molecule has 1 rings (SSSR count). The molecule has 0 bridgehead atoms.